The number of hydrogen-bond acceptors (Lipinski definition) is 6. The van der Waals surface area contributed by atoms with E-state index in [-0.39, 0.29) is 11.8 Å². The van der Waals surface area contributed by atoms with Crippen molar-refractivity contribution in [1.82, 2.24) is 23.5 Å². The second-order valence-electron chi connectivity index (χ2n) is 6.49. The number of hydrogen-bond donors (Lipinski definition) is 0. The van der Waals surface area contributed by atoms with Gasteiger partial charge in [-0.2, -0.15) is 8.75 Å². The lowest BCUT2D eigenvalue weighted by Crippen LogP contribution is -2.36. The first-order valence-corrected chi connectivity index (χ1v) is 9.57. The van der Waals surface area contributed by atoms with Crippen LogP contribution in [0.5, 0.6) is 0 Å². The molecule has 4 heterocycles. The third-order valence-corrected chi connectivity index (χ3v) is 5.80. The third kappa shape index (κ3) is 3.43. The van der Waals surface area contributed by atoms with Crippen LogP contribution in [0.2, 0.25) is 0 Å². The largest absolute Gasteiger partial charge is 0.342 e. The first-order valence-electron chi connectivity index (χ1n) is 8.05. The summed E-state index contributed by atoms with van der Waals surface area (Å²) in [5, 5.41) is 0. The first-order chi connectivity index (χ1) is 12.1. The van der Waals surface area contributed by atoms with Gasteiger partial charge in [-0.3, -0.25) is 9.59 Å². The highest BCUT2D eigenvalue weighted by Crippen LogP contribution is 2.32. The summed E-state index contributed by atoms with van der Waals surface area (Å²) in [6.07, 6.45) is 3.61. The Kier molecular flexibility index (Phi) is 4.51. The van der Waals surface area contributed by atoms with Crippen LogP contribution in [0.25, 0.3) is 0 Å². The zero-order valence-electron chi connectivity index (χ0n) is 13.3. The minimum absolute atomic E-state index is 0.0537. The zero-order valence-corrected chi connectivity index (χ0v) is 15.7. The Labute approximate surface area is 157 Å². The van der Waals surface area contributed by atoms with Crippen LogP contribution in [0.4, 0.5) is 0 Å². The van der Waals surface area contributed by atoms with E-state index in [9.17, 15) is 9.59 Å². The molecule has 0 aromatic carbocycles. The fraction of sp³-hybridized carbons (Fsp3) is 0.438. The average Bonchev–Trinajstić information content (AvgIpc) is 3.32. The van der Waals surface area contributed by atoms with E-state index < -0.39 is 0 Å². The Balaban J connectivity index is 1.33. The fourth-order valence-corrected chi connectivity index (χ4v) is 4.22. The van der Waals surface area contributed by atoms with Crippen LogP contribution in [0.15, 0.2) is 29.1 Å². The number of fused-ring (bicyclic) bond motifs is 1. The van der Waals surface area contributed by atoms with E-state index in [1.165, 1.54) is 6.20 Å². The van der Waals surface area contributed by atoms with Gasteiger partial charge in [-0.1, -0.05) is 6.07 Å². The summed E-state index contributed by atoms with van der Waals surface area (Å²) in [7, 11) is 0. The summed E-state index contributed by atoms with van der Waals surface area (Å²) in [6.45, 7) is 2.80. The monoisotopic (exact) mass is 421 g/mol. The van der Waals surface area contributed by atoms with Gasteiger partial charge < -0.3 is 9.80 Å². The molecule has 0 spiro atoms. The molecule has 0 bridgehead atoms. The van der Waals surface area contributed by atoms with Gasteiger partial charge in [-0.25, -0.2) is 4.98 Å². The molecule has 2 amide bonds. The van der Waals surface area contributed by atoms with Crippen molar-refractivity contribution in [1.29, 1.82) is 0 Å². The van der Waals surface area contributed by atoms with Crippen molar-refractivity contribution < 1.29 is 9.59 Å². The number of carbonyl (C=O) groups excluding carboxylic acids is 2. The molecular weight excluding hydrogens is 406 g/mol. The molecule has 130 valence electrons. The summed E-state index contributed by atoms with van der Waals surface area (Å²) >= 11 is 4.34. The molecule has 9 heteroatoms. The smallest absolute Gasteiger partial charge is 0.275 e. The van der Waals surface area contributed by atoms with E-state index in [4.69, 9.17) is 0 Å². The van der Waals surface area contributed by atoms with Crippen molar-refractivity contribution in [2.24, 2.45) is 11.8 Å². The molecule has 4 rings (SSSR count). The van der Waals surface area contributed by atoms with Gasteiger partial charge in [0.25, 0.3) is 5.91 Å². The van der Waals surface area contributed by atoms with Gasteiger partial charge in [0.15, 0.2) is 5.69 Å². The lowest BCUT2D eigenvalue weighted by Gasteiger charge is -2.21. The molecule has 25 heavy (non-hydrogen) atoms. The Morgan fingerprint density at radius 1 is 1.12 bits per heavy atom. The van der Waals surface area contributed by atoms with Crippen molar-refractivity contribution in [3.8, 4) is 0 Å². The minimum atomic E-state index is -0.0537. The summed E-state index contributed by atoms with van der Waals surface area (Å²) in [6, 6.07) is 3.76. The van der Waals surface area contributed by atoms with Crippen molar-refractivity contribution in [2.75, 3.05) is 26.2 Å². The molecule has 2 fully saturated rings. The molecule has 0 aliphatic carbocycles. The molecule has 0 radical (unpaired) electrons. The zero-order chi connectivity index (χ0) is 17.4. The van der Waals surface area contributed by atoms with E-state index in [1.54, 1.807) is 6.20 Å². The fourth-order valence-electron chi connectivity index (χ4n) is 3.58. The molecule has 2 unspecified atom stereocenters. The van der Waals surface area contributed by atoms with Crippen molar-refractivity contribution >= 4 is 39.5 Å². The Morgan fingerprint density at radius 3 is 2.44 bits per heavy atom. The number of likely N-dealkylation sites (tertiary alicyclic amines) is 2. The van der Waals surface area contributed by atoms with Crippen LogP contribution in [0, 0.1) is 11.8 Å². The molecule has 2 aliphatic heterocycles. The molecule has 2 aromatic rings. The van der Waals surface area contributed by atoms with Gasteiger partial charge in [-0.05, 0) is 27.6 Å². The van der Waals surface area contributed by atoms with Gasteiger partial charge in [0, 0.05) is 44.2 Å². The topological polar surface area (TPSA) is 79.3 Å². The minimum Gasteiger partial charge on any atom is -0.342 e. The predicted octanol–water partition coefficient (Wildman–Crippen LogP) is 1.47. The summed E-state index contributed by atoms with van der Waals surface area (Å²) < 4.78 is 8.67. The predicted molar refractivity (Wildman–Crippen MR) is 95.0 cm³/mol. The first kappa shape index (κ1) is 16.6. The Morgan fingerprint density at radius 2 is 1.84 bits per heavy atom. The number of halogens is 1. The van der Waals surface area contributed by atoms with Gasteiger partial charge in [-0.15, -0.1) is 0 Å². The van der Waals surface area contributed by atoms with Crippen LogP contribution in [-0.4, -0.2) is 61.5 Å². The molecule has 0 N–H and O–H groups in total. The normalized spacial score (nSPS) is 22.3. The summed E-state index contributed by atoms with van der Waals surface area (Å²) in [5.74, 6) is 0.770. The Hall–Kier alpha value is -1.87. The van der Waals surface area contributed by atoms with E-state index >= 15 is 0 Å². The second kappa shape index (κ2) is 6.80. The van der Waals surface area contributed by atoms with Gasteiger partial charge in [0.2, 0.25) is 5.91 Å². The second-order valence-corrected chi connectivity index (χ2v) is 7.86. The molecular formula is C16H16BrN5O2S. The maximum Gasteiger partial charge on any atom is 0.275 e. The lowest BCUT2D eigenvalue weighted by atomic mass is 10.0. The van der Waals surface area contributed by atoms with Crippen LogP contribution in [-0.2, 0) is 11.2 Å². The number of amides is 2. The molecule has 2 aromatic heterocycles. The highest BCUT2D eigenvalue weighted by molar-refractivity contribution is 9.10. The molecule has 0 saturated carbocycles. The number of pyridine rings is 1. The molecule has 2 saturated heterocycles. The van der Waals surface area contributed by atoms with Crippen LogP contribution >= 0.6 is 27.7 Å². The van der Waals surface area contributed by atoms with Crippen molar-refractivity contribution in [3.05, 3.63) is 40.4 Å². The maximum absolute atomic E-state index is 12.5. The van der Waals surface area contributed by atoms with Crippen molar-refractivity contribution in [2.45, 2.75) is 6.42 Å². The molecule has 2 aliphatic rings. The van der Waals surface area contributed by atoms with Crippen LogP contribution in [0.1, 0.15) is 16.1 Å². The molecule has 2 atom stereocenters. The number of nitrogens with zero attached hydrogens (tertiary/aromatic N) is 5. The standard InChI is InChI=1S/C16H16BrN5O2S/c17-14-2-1-10(4-18-14)3-15(23)21-6-11-8-22(9-12(11)7-21)16(24)13-5-19-25-20-13/h1-2,4-5,11-12H,3,6-9H2. The van der Waals surface area contributed by atoms with Crippen LogP contribution in [0.3, 0.4) is 0 Å². The number of aromatic nitrogens is 3. The van der Waals surface area contributed by atoms with E-state index in [2.05, 4.69) is 29.7 Å². The Bertz CT molecular complexity index is 768. The van der Waals surface area contributed by atoms with Crippen LogP contribution < -0.4 is 0 Å². The van der Waals surface area contributed by atoms with E-state index in [0.717, 1.165) is 21.9 Å². The maximum atomic E-state index is 12.5. The lowest BCUT2D eigenvalue weighted by molar-refractivity contribution is -0.129. The van der Waals surface area contributed by atoms with E-state index in [0.29, 0.717) is 50.1 Å². The highest BCUT2D eigenvalue weighted by atomic mass is 79.9. The quantitative estimate of drug-likeness (QED) is 0.700. The SMILES string of the molecule is O=C(Cc1ccc(Br)nc1)N1CC2CN(C(=O)c3cnsn3)CC2C1. The van der Waals surface area contributed by atoms with E-state index in [1.807, 2.05) is 21.9 Å². The highest BCUT2D eigenvalue weighted by Gasteiger charge is 2.43. The molecule has 7 nitrogen and oxygen atoms in total. The van der Waals surface area contributed by atoms with Gasteiger partial charge in [0.1, 0.15) is 4.60 Å². The average molecular weight is 422 g/mol. The summed E-state index contributed by atoms with van der Waals surface area (Å²) in [5.41, 5.74) is 1.33. The summed E-state index contributed by atoms with van der Waals surface area (Å²) in [4.78, 5) is 32.8. The third-order valence-electron chi connectivity index (χ3n) is 4.85. The van der Waals surface area contributed by atoms with Crippen molar-refractivity contribution in [3.63, 3.8) is 0 Å². The number of rotatable bonds is 3. The van der Waals surface area contributed by atoms with Gasteiger partial charge in [0.05, 0.1) is 24.3 Å². The van der Waals surface area contributed by atoms with Gasteiger partial charge >= 0.3 is 0 Å². The number of carbonyl (C=O) groups is 2.